The lowest BCUT2D eigenvalue weighted by atomic mass is 9.97. The lowest BCUT2D eigenvalue weighted by molar-refractivity contribution is -0.134. The molecule has 0 N–H and O–H groups in total. The fraction of sp³-hybridized carbons (Fsp3) is 0.318. The van der Waals surface area contributed by atoms with Crippen molar-refractivity contribution < 1.29 is 9.53 Å². The fourth-order valence-electron chi connectivity index (χ4n) is 3.74. The molecular weight excluding hydrogens is 368 g/mol. The molecule has 0 saturated carbocycles. The SMILES string of the molecule is Cn1nc([C@@H]2CCCN(C(=O)COc3ccccc3)C2)n(-c2ccccc2)c1=O. The van der Waals surface area contributed by atoms with E-state index in [1.54, 1.807) is 11.6 Å². The third-order valence-corrected chi connectivity index (χ3v) is 5.21. The summed E-state index contributed by atoms with van der Waals surface area (Å²) in [7, 11) is 1.66. The van der Waals surface area contributed by atoms with Gasteiger partial charge in [-0.2, -0.15) is 5.10 Å². The molecule has 29 heavy (non-hydrogen) atoms. The molecule has 2 heterocycles. The van der Waals surface area contributed by atoms with E-state index < -0.39 is 0 Å². The molecule has 1 atom stereocenters. The standard InChI is InChI=1S/C22H24N4O3/c1-24-22(28)26(18-10-4-2-5-11-18)21(23-24)17-9-8-14-25(15-17)20(27)16-29-19-12-6-3-7-13-19/h2-7,10-13,17H,8-9,14-16H2,1H3/t17-/m1/s1. The molecule has 1 amide bonds. The predicted octanol–water partition coefficient (Wildman–Crippen LogP) is 2.36. The number of nitrogens with zero attached hydrogens (tertiary/aromatic N) is 4. The van der Waals surface area contributed by atoms with Crippen LogP contribution < -0.4 is 10.4 Å². The zero-order valence-corrected chi connectivity index (χ0v) is 16.4. The van der Waals surface area contributed by atoms with Crippen LogP contribution >= 0.6 is 0 Å². The van der Waals surface area contributed by atoms with E-state index in [2.05, 4.69) is 5.10 Å². The average Bonchev–Trinajstić information content (AvgIpc) is 3.08. The van der Waals surface area contributed by atoms with Crippen LogP contribution in [0.5, 0.6) is 5.75 Å². The van der Waals surface area contributed by atoms with Gasteiger partial charge in [0.05, 0.1) is 5.69 Å². The molecule has 3 aromatic rings. The minimum atomic E-state index is -0.179. The van der Waals surface area contributed by atoms with Gasteiger partial charge in [0.1, 0.15) is 11.6 Å². The number of likely N-dealkylation sites (tertiary alicyclic amines) is 1. The van der Waals surface area contributed by atoms with Gasteiger partial charge in [-0.05, 0) is 37.1 Å². The van der Waals surface area contributed by atoms with Gasteiger partial charge in [-0.1, -0.05) is 36.4 Å². The molecule has 1 aliphatic heterocycles. The number of rotatable bonds is 5. The van der Waals surface area contributed by atoms with E-state index in [1.165, 1.54) is 4.68 Å². The number of carbonyl (C=O) groups is 1. The van der Waals surface area contributed by atoms with Crippen LogP contribution in [-0.2, 0) is 11.8 Å². The van der Waals surface area contributed by atoms with Crippen LogP contribution in [0.15, 0.2) is 65.5 Å². The number of hydrogen-bond donors (Lipinski definition) is 0. The number of para-hydroxylation sites is 2. The first kappa shape index (κ1) is 19.0. The molecule has 0 bridgehead atoms. The van der Waals surface area contributed by atoms with E-state index in [9.17, 15) is 9.59 Å². The first-order valence-corrected chi connectivity index (χ1v) is 9.80. The molecule has 1 aromatic heterocycles. The molecule has 0 spiro atoms. The van der Waals surface area contributed by atoms with Gasteiger partial charge in [-0.15, -0.1) is 0 Å². The van der Waals surface area contributed by atoms with Crippen molar-refractivity contribution in [2.45, 2.75) is 18.8 Å². The van der Waals surface area contributed by atoms with Crippen LogP contribution in [0.1, 0.15) is 24.6 Å². The van der Waals surface area contributed by atoms with Gasteiger partial charge in [-0.25, -0.2) is 14.0 Å². The van der Waals surface area contributed by atoms with Gasteiger partial charge in [-0.3, -0.25) is 4.79 Å². The highest BCUT2D eigenvalue weighted by molar-refractivity contribution is 5.78. The largest absolute Gasteiger partial charge is 0.484 e. The van der Waals surface area contributed by atoms with Crippen LogP contribution in [0, 0.1) is 0 Å². The van der Waals surface area contributed by atoms with Gasteiger partial charge in [0.25, 0.3) is 5.91 Å². The number of aryl methyl sites for hydroxylation is 1. The fourth-order valence-corrected chi connectivity index (χ4v) is 3.74. The molecule has 0 aliphatic carbocycles. The van der Waals surface area contributed by atoms with Crippen LogP contribution in [0.3, 0.4) is 0 Å². The molecular formula is C22H24N4O3. The number of carbonyl (C=O) groups excluding carboxylic acids is 1. The lowest BCUT2D eigenvalue weighted by Crippen LogP contribution is -2.42. The third-order valence-electron chi connectivity index (χ3n) is 5.21. The number of aromatic nitrogens is 3. The summed E-state index contributed by atoms with van der Waals surface area (Å²) < 4.78 is 8.63. The van der Waals surface area contributed by atoms with Gasteiger partial charge in [0, 0.05) is 26.1 Å². The Morgan fingerprint density at radius 1 is 1.10 bits per heavy atom. The maximum Gasteiger partial charge on any atom is 0.350 e. The van der Waals surface area contributed by atoms with Crippen LogP contribution in [-0.4, -0.2) is 44.9 Å². The lowest BCUT2D eigenvalue weighted by Gasteiger charge is -2.32. The molecule has 7 nitrogen and oxygen atoms in total. The maximum atomic E-state index is 12.7. The van der Waals surface area contributed by atoms with Crippen molar-refractivity contribution in [3.8, 4) is 11.4 Å². The molecule has 1 saturated heterocycles. The average molecular weight is 392 g/mol. The predicted molar refractivity (Wildman–Crippen MR) is 109 cm³/mol. The zero-order valence-electron chi connectivity index (χ0n) is 16.4. The number of benzene rings is 2. The molecule has 0 radical (unpaired) electrons. The monoisotopic (exact) mass is 392 g/mol. The molecule has 1 aliphatic rings. The summed E-state index contributed by atoms with van der Waals surface area (Å²) in [4.78, 5) is 27.2. The minimum Gasteiger partial charge on any atom is -0.484 e. The second-order valence-corrected chi connectivity index (χ2v) is 7.22. The van der Waals surface area contributed by atoms with Gasteiger partial charge in [0.15, 0.2) is 6.61 Å². The maximum absolute atomic E-state index is 12.7. The number of ether oxygens (including phenoxy) is 1. The molecule has 1 fully saturated rings. The molecule has 0 unspecified atom stereocenters. The van der Waals surface area contributed by atoms with Crippen LogP contribution in [0.25, 0.3) is 5.69 Å². The van der Waals surface area contributed by atoms with E-state index in [4.69, 9.17) is 4.74 Å². The highest BCUT2D eigenvalue weighted by Gasteiger charge is 2.29. The summed E-state index contributed by atoms with van der Waals surface area (Å²) >= 11 is 0. The Bertz CT molecular complexity index is 1030. The van der Waals surface area contributed by atoms with E-state index >= 15 is 0 Å². The third kappa shape index (κ3) is 4.08. The van der Waals surface area contributed by atoms with Crippen molar-refractivity contribution in [2.24, 2.45) is 7.05 Å². The number of hydrogen-bond acceptors (Lipinski definition) is 4. The normalized spacial score (nSPS) is 16.6. The smallest absolute Gasteiger partial charge is 0.350 e. The summed E-state index contributed by atoms with van der Waals surface area (Å²) in [5, 5.41) is 4.50. The number of piperidine rings is 1. The highest BCUT2D eigenvalue weighted by atomic mass is 16.5. The van der Waals surface area contributed by atoms with Crippen molar-refractivity contribution >= 4 is 5.91 Å². The Balaban J connectivity index is 1.51. The Morgan fingerprint density at radius 3 is 2.52 bits per heavy atom. The van der Waals surface area contributed by atoms with E-state index in [1.807, 2.05) is 65.6 Å². The zero-order chi connectivity index (χ0) is 20.2. The summed E-state index contributed by atoms with van der Waals surface area (Å²) in [6, 6.07) is 18.8. The van der Waals surface area contributed by atoms with Crippen molar-refractivity contribution in [3.05, 3.63) is 77.0 Å². The van der Waals surface area contributed by atoms with Crippen molar-refractivity contribution in [1.29, 1.82) is 0 Å². The van der Waals surface area contributed by atoms with Crippen molar-refractivity contribution in [1.82, 2.24) is 19.2 Å². The van der Waals surface area contributed by atoms with E-state index in [0.29, 0.717) is 24.7 Å². The molecule has 4 rings (SSSR count). The molecule has 7 heteroatoms. The van der Waals surface area contributed by atoms with Gasteiger partial charge < -0.3 is 9.64 Å². The van der Waals surface area contributed by atoms with Crippen LogP contribution in [0.2, 0.25) is 0 Å². The second kappa shape index (κ2) is 8.34. The minimum absolute atomic E-state index is 0.00136. The molecule has 150 valence electrons. The Hall–Kier alpha value is -3.35. The summed E-state index contributed by atoms with van der Waals surface area (Å²) in [6.07, 6.45) is 1.74. The Kier molecular flexibility index (Phi) is 5.46. The van der Waals surface area contributed by atoms with Gasteiger partial charge in [0.2, 0.25) is 0 Å². The Morgan fingerprint density at radius 2 is 1.79 bits per heavy atom. The van der Waals surface area contributed by atoms with E-state index in [0.717, 1.165) is 18.5 Å². The van der Waals surface area contributed by atoms with Crippen molar-refractivity contribution in [3.63, 3.8) is 0 Å². The van der Waals surface area contributed by atoms with Crippen LogP contribution in [0.4, 0.5) is 0 Å². The Labute approximate surface area is 169 Å². The summed E-state index contributed by atoms with van der Waals surface area (Å²) in [5.41, 5.74) is 0.610. The van der Waals surface area contributed by atoms with E-state index in [-0.39, 0.29) is 24.1 Å². The topological polar surface area (TPSA) is 69.4 Å². The second-order valence-electron chi connectivity index (χ2n) is 7.22. The summed E-state index contributed by atoms with van der Waals surface area (Å²) in [5.74, 6) is 1.32. The van der Waals surface area contributed by atoms with Crippen molar-refractivity contribution in [2.75, 3.05) is 19.7 Å². The first-order valence-electron chi connectivity index (χ1n) is 9.80. The quantitative estimate of drug-likeness (QED) is 0.668. The summed E-state index contributed by atoms with van der Waals surface area (Å²) in [6.45, 7) is 1.22. The molecule has 2 aromatic carbocycles. The first-order chi connectivity index (χ1) is 14.1. The van der Waals surface area contributed by atoms with Gasteiger partial charge >= 0.3 is 5.69 Å². The number of amides is 1. The highest BCUT2D eigenvalue weighted by Crippen LogP contribution is 2.26.